The molecule has 76 heavy (non-hydrogen) atoms. The van der Waals surface area contributed by atoms with Crippen molar-refractivity contribution in [1.82, 2.24) is 34.9 Å². The van der Waals surface area contributed by atoms with Crippen molar-refractivity contribution >= 4 is 73.0 Å². The second kappa shape index (κ2) is 21.3. The van der Waals surface area contributed by atoms with Gasteiger partial charge in [0.2, 0.25) is 11.8 Å². The number of pyridine rings is 2. The van der Waals surface area contributed by atoms with Gasteiger partial charge in [0.15, 0.2) is 16.5 Å². The summed E-state index contributed by atoms with van der Waals surface area (Å²) in [4.78, 5) is 71.0. The zero-order chi connectivity index (χ0) is 52.7. The van der Waals surface area contributed by atoms with Crippen LogP contribution in [-0.4, -0.2) is 117 Å². The molecular formula is C55H55F3N10O7S. The minimum absolute atomic E-state index is 0.0228. The summed E-state index contributed by atoms with van der Waals surface area (Å²) in [6.45, 7) is 5.47. The van der Waals surface area contributed by atoms with Gasteiger partial charge in [-0.2, -0.15) is 18.3 Å². The summed E-state index contributed by atoms with van der Waals surface area (Å²) in [6.07, 6.45) is -0.399. The number of carbonyl (C=O) groups excluding carboxylic acids is 3. The van der Waals surface area contributed by atoms with Crippen molar-refractivity contribution in [1.29, 1.82) is 0 Å². The quantitative estimate of drug-likeness (QED) is 0.0691. The van der Waals surface area contributed by atoms with E-state index in [4.69, 9.17) is 14.5 Å². The van der Waals surface area contributed by atoms with Crippen LogP contribution in [0.1, 0.15) is 94.1 Å². The molecule has 11 rings (SSSR count). The number of hydrogen-bond donors (Lipinski definition) is 3. The van der Waals surface area contributed by atoms with Gasteiger partial charge in [-0.25, -0.2) is 19.7 Å². The number of aryl methyl sites for hydroxylation is 1. The number of benzene rings is 3. The van der Waals surface area contributed by atoms with Crippen LogP contribution in [0.15, 0.2) is 84.9 Å². The molecule has 1 atom stereocenters. The van der Waals surface area contributed by atoms with Gasteiger partial charge in [-0.05, 0) is 116 Å². The number of halogens is 3. The monoisotopic (exact) mass is 1060 g/mol. The number of carboxylic acids is 1. The SMILES string of the molecule is Cn1nc(C2CCC(=O)NC2=O)c2ccc(N3CCN(CCCOC4CCC(Oc5ccc(-c6ccc(N7CCc8cccc(C(=O)Nc9nc%10ccccc%10s9)c8C7)nc6C(=O)O)c(C(F)(F)F)c5)CC4)CC3)nc21. The molecule has 3 N–H and O–H groups in total. The van der Waals surface area contributed by atoms with Crippen LogP contribution in [0.25, 0.3) is 32.4 Å². The van der Waals surface area contributed by atoms with Gasteiger partial charge in [0, 0.05) is 82.4 Å². The minimum atomic E-state index is -4.83. The summed E-state index contributed by atoms with van der Waals surface area (Å²) < 4.78 is 59.6. The van der Waals surface area contributed by atoms with E-state index in [1.54, 1.807) is 10.7 Å². The molecule has 7 aromatic rings. The summed E-state index contributed by atoms with van der Waals surface area (Å²) >= 11 is 1.36. The fourth-order valence-electron chi connectivity index (χ4n) is 10.9. The Morgan fingerprint density at radius 2 is 1.59 bits per heavy atom. The van der Waals surface area contributed by atoms with Crippen molar-refractivity contribution in [2.24, 2.45) is 7.05 Å². The van der Waals surface area contributed by atoms with E-state index in [0.717, 1.165) is 77.8 Å². The van der Waals surface area contributed by atoms with Gasteiger partial charge in [-0.1, -0.05) is 41.7 Å². The first-order valence-corrected chi connectivity index (χ1v) is 26.5. The first kappa shape index (κ1) is 50.7. The zero-order valence-corrected chi connectivity index (χ0v) is 42.5. The van der Waals surface area contributed by atoms with Crippen molar-refractivity contribution < 1.29 is 46.9 Å². The average molecular weight is 1060 g/mol. The maximum Gasteiger partial charge on any atom is 0.417 e. The van der Waals surface area contributed by atoms with E-state index in [1.165, 1.54) is 35.6 Å². The molecular weight excluding hydrogens is 1000 g/mol. The topological polar surface area (TPSA) is 197 Å². The smallest absolute Gasteiger partial charge is 0.417 e. The highest BCUT2D eigenvalue weighted by Crippen LogP contribution is 2.42. The van der Waals surface area contributed by atoms with Crippen LogP contribution in [0, 0.1) is 0 Å². The van der Waals surface area contributed by atoms with E-state index >= 15 is 0 Å². The molecule has 3 aromatic carbocycles. The van der Waals surface area contributed by atoms with Gasteiger partial charge in [0.05, 0.1) is 39.6 Å². The van der Waals surface area contributed by atoms with Gasteiger partial charge >= 0.3 is 12.1 Å². The number of piperazine rings is 1. The van der Waals surface area contributed by atoms with Crippen molar-refractivity contribution in [3.8, 4) is 16.9 Å². The van der Waals surface area contributed by atoms with Crippen LogP contribution in [0.4, 0.5) is 29.9 Å². The predicted molar refractivity (Wildman–Crippen MR) is 280 cm³/mol. The van der Waals surface area contributed by atoms with E-state index in [-0.39, 0.29) is 65.6 Å². The normalized spacial score (nSPS) is 19.4. The summed E-state index contributed by atoms with van der Waals surface area (Å²) in [5.41, 5.74) is 2.19. The number of para-hydroxylation sites is 1. The number of piperidine rings is 1. The second-order valence-electron chi connectivity index (χ2n) is 19.8. The molecule has 1 saturated carbocycles. The third kappa shape index (κ3) is 10.7. The van der Waals surface area contributed by atoms with Gasteiger partial charge in [-0.3, -0.25) is 34.6 Å². The summed E-state index contributed by atoms with van der Waals surface area (Å²) in [6, 6.07) is 23.5. The number of aromatic carboxylic acids is 1. The first-order chi connectivity index (χ1) is 36.7. The molecule has 7 heterocycles. The average Bonchev–Trinajstić information content (AvgIpc) is 4.02. The lowest BCUT2D eigenvalue weighted by Gasteiger charge is -2.35. The minimum Gasteiger partial charge on any atom is -0.490 e. The lowest BCUT2D eigenvalue weighted by molar-refractivity contribution is -0.137. The number of rotatable bonds is 14. The number of carbonyl (C=O) groups is 4. The molecule has 3 aliphatic heterocycles. The molecule has 0 radical (unpaired) electrons. The zero-order valence-electron chi connectivity index (χ0n) is 41.6. The Kier molecular flexibility index (Phi) is 14.2. The Labute approximate surface area is 439 Å². The molecule has 2 saturated heterocycles. The Morgan fingerprint density at radius 1 is 0.829 bits per heavy atom. The van der Waals surface area contributed by atoms with Crippen molar-refractivity contribution in [3.63, 3.8) is 0 Å². The molecule has 1 aliphatic carbocycles. The molecule has 1 unspecified atom stereocenters. The Bertz CT molecular complexity index is 3330. The highest BCUT2D eigenvalue weighted by molar-refractivity contribution is 7.22. The number of hydrogen-bond acceptors (Lipinski definition) is 14. The molecule has 4 aromatic heterocycles. The number of alkyl halides is 3. The van der Waals surface area contributed by atoms with Gasteiger partial charge in [0.25, 0.3) is 5.91 Å². The van der Waals surface area contributed by atoms with E-state index in [0.29, 0.717) is 73.7 Å². The molecule has 4 aliphatic rings. The number of ether oxygens (including phenoxy) is 2. The van der Waals surface area contributed by atoms with Crippen LogP contribution >= 0.6 is 11.3 Å². The summed E-state index contributed by atoms with van der Waals surface area (Å²) in [7, 11) is 1.81. The Morgan fingerprint density at radius 3 is 2.37 bits per heavy atom. The standard InChI is InChI=1S/C55H55F3N10O7S/c1-65-50-39(48(64-65)40-18-21-47(69)62-52(40)71)17-20-46(61-50)67-27-25-66(26-28-67)23-5-29-74-33-10-12-34(13-11-33)75-35-14-15-36(42(30-35)55(56,57)58)37-16-19-45(60-49(37)53(72)73)68-24-22-32-6-4-7-38(41(32)31-68)51(70)63-54-59-43-8-2-3-9-44(43)76-54/h2-4,6-9,14-17,19-20,30,33-34,40H,5,10-13,18,21-29,31H2,1H3,(H,72,73)(H,59,63,70)(H,62,69,71). The number of imide groups is 1. The van der Waals surface area contributed by atoms with E-state index in [9.17, 15) is 37.5 Å². The Hall–Kier alpha value is -7.49. The third-order valence-electron chi connectivity index (χ3n) is 14.9. The van der Waals surface area contributed by atoms with Crippen LogP contribution in [0.3, 0.4) is 0 Å². The third-order valence-corrected chi connectivity index (χ3v) is 15.8. The second-order valence-corrected chi connectivity index (χ2v) is 20.8. The van der Waals surface area contributed by atoms with Gasteiger partial charge < -0.3 is 24.4 Å². The first-order valence-electron chi connectivity index (χ1n) is 25.6. The van der Waals surface area contributed by atoms with E-state index in [1.807, 2.05) is 60.5 Å². The summed E-state index contributed by atoms with van der Waals surface area (Å²) in [5, 5.41) is 21.6. The number of carboxylic acid groups (broad SMARTS) is 1. The lowest BCUT2D eigenvalue weighted by Crippen LogP contribution is -2.47. The van der Waals surface area contributed by atoms with Crippen LogP contribution in [-0.2, 0) is 40.5 Å². The molecule has 0 spiro atoms. The van der Waals surface area contributed by atoms with Gasteiger partial charge in [0.1, 0.15) is 17.4 Å². The number of amides is 3. The van der Waals surface area contributed by atoms with Crippen molar-refractivity contribution in [3.05, 3.63) is 119 Å². The summed E-state index contributed by atoms with van der Waals surface area (Å²) in [5.74, 6) is -1.73. The fraction of sp³-hybridized carbons (Fsp3) is 0.382. The van der Waals surface area contributed by atoms with Gasteiger partial charge in [-0.15, -0.1) is 0 Å². The van der Waals surface area contributed by atoms with Crippen LogP contribution < -0.4 is 25.2 Å². The molecule has 3 amide bonds. The predicted octanol–water partition coefficient (Wildman–Crippen LogP) is 8.61. The Balaban J connectivity index is 0.662. The number of thiazole rings is 1. The number of anilines is 3. The molecule has 21 heteroatoms. The highest BCUT2D eigenvalue weighted by Gasteiger charge is 2.37. The number of fused-ring (bicyclic) bond motifs is 3. The molecule has 394 valence electrons. The van der Waals surface area contributed by atoms with E-state index < -0.39 is 29.3 Å². The number of nitrogens with one attached hydrogen (secondary N) is 2. The van der Waals surface area contributed by atoms with Crippen LogP contribution in [0.5, 0.6) is 5.75 Å². The highest BCUT2D eigenvalue weighted by atomic mass is 32.1. The maximum absolute atomic E-state index is 14.9. The lowest BCUT2D eigenvalue weighted by atomic mass is 9.93. The number of aromatic nitrogens is 5. The molecule has 3 fully saturated rings. The molecule has 0 bridgehead atoms. The maximum atomic E-state index is 14.9. The van der Waals surface area contributed by atoms with E-state index in [2.05, 4.69) is 35.5 Å². The van der Waals surface area contributed by atoms with Crippen LogP contribution in [0.2, 0.25) is 0 Å². The van der Waals surface area contributed by atoms with Crippen molar-refractivity contribution in [2.45, 2.75) is 82.2 Å². The fourth-order valence-corrected chi connectivity index (χ4v) is 11.8. The largest absolute Gasteiger partial charge is 0.490 e. The van der Waals surface area contributed by atoms with Crippen molar-refractivity contribution in [2.75, 3.05) is 61.0 Å². The number of nitrogens with zero attached hydrogens (tertiary/aromatic N) is 8. The molecule has 17 nitrogen and oxygen atoms in total.